The fourth-order valence-corrected chi connectivity index (χ4v) is 1.33. The van der Waals surface area contributed by atoms with E-state index in [2.05, 4.69) is 4.99 Å². The number of hydrogen-bond donors (Lipinski definition) is 2. The van der Waals surface area contributed by atoms with Crippen molar-refractivity contribution in [3.63, 3.8) is 0 Å². The number of nitrogens with two attached hydrogens (primary N) is 2. The molecule has 7 heteroatoms. The number of aliphatic imine (C=N–C) groups is 1. The minimum absolute atomic E-state index is 0. The van der Waals surface area contributed by atoms with Gasteiger partial charge in [-0.2, -0.15) is 0 Å². The third-order valence-corrected chi connectivity index (χ3v) is 2.48. The van der Waals surface area contributed by atoms with Gasteiger partial charge in [0.25, 0.3) is 0 Å². The highest BCUT2D eigenvalue weighted by Gasteiger charge is 2.07. The molecule has 0 aromatic carbocycles. The number of rotatable bonds is 2. The Morgan fingerprint density at radius 3 is 2.43 bits per heavy atom. The van der Waals surface area contributed by atoms with Crippen LogP contribution in [0.2, 0.25) is 10.2 Å². The van der Waals surface area contributed by atoms with Gasteiger partial charge < -0.3 is 16.0 Å². The van der Waals surface area contributed by atoms with Gasteiger partial charge in [0.2, 0.25) is 0 Å². The zero-order chi connectivity index (χ0) is 10.0. The molecule has 0 radical (unpaired) electrons. The van der Waals surface area contributed by atoms with Crippen molar-refractivity contribution < 1.29 is 0 Å². The standard InChI is InChI=1S/C7H10Cl2N4.HI/c1-13-4(3-12-7(10)11)2-5(8)6(13)9;/h2H,3H2,1H3,(H4,10,11,12);1H. The summed E-state index contributed by atoms with van der Waals surface area (Å²) in [6.45, 7) is 0.380. The largest absolute Gasteiger partial charge is 0.370 e. The molecule has 0 amide bonds. The van der Waals surface area contributed by atoms with Crippen molar-refractivity contribution in [1.82, 2.24) is 4.57 Å². The minimum Gasteiger partial charge on any atom is -0.370 e. The Balaban J connectivity index is 0.00000169. The molecule has 0 saturated heterocycles. The average Bonchev–Trinajstić information content (AvgIpc) is 2.29. The lowest BCUT2D eigenvalue weighted by Crippen LogP contribution is -2.22. The molecular formula is C7H11Cl2IN4. The van der Waals surface area contributed by atoms with E-state index in [1.807, 2.05) is 0 Å². The fraction of sp³-hybridized carbons (Fsp3) is 0.286. The maximum absolute atomic E-state index is 5.83. The lowest BCUT2D eigenvalue weighted by Gasteiger charge is -2.00. The molecule has 0 aliphatic rings. The molecule has 14 heavy (non-hydrogen) atoms. The van der Waals surface area contributed by atoms with Crippen LogP contribution in [0.25, 0.3) is 0 Å². The van der Waals surface area contributed by atoms with Crippen LogP contribution in [0.5, 0.6) is 0 Å². The number of aromatic nitrogens is 1. The first kappa shape index (κ1) is 13.9. The maximum atomic E-state index is 5.83. The number of guanidine groups is 1. The normalized spacial score (nSPS) is 9.36. The van der Waals surface area contributed by atoms with Crippen molar-refractivity contribution in [3.05, 3.63) is 21.9 Å². The second-order valence-electron chi connectivity index (χ2n) is 2.57. The van der Waals surface area contributed by atoms with Gasteiger partial charge in [-0.1, -0.05) is 23.2 Å². The zero-order valence-electron chi connectivity index (χ0n) is 7.50. The lowest BCUT2D eigenvalue weighted by molar-refractivity contribution is 0.824. The predicted molar refractivity (Wildman–Crippen MR) is 70.4 cm³/mol. The van der Waals surface area contributed by atoms with Crippen LogP contribution in [-0.4, -0.2) is 10.5 Å². The molecule has 0 saturated carbocycles. The second kappa shape index (κ2) is 5.67. The Morgan fingerprint density at radius 2 is 2.07 bits per heavy atom. The number of halogens is 3. The van der Waals surface area contributed by atoms with Crippen molar-refractivity contribution in [2.24, 2.45) is 23.5 Å². The third-order valence-electron chi connectivity index (χ3n) is 1.64. The first-order valence-corrected chi connectivity index (χ1v) is 4.33. The topological polar surface area (TPSA) is 69.3 Å². The Bertz CT molecular complexity index is 344. The van der Waals surface area contributed by atoms with Crippen LogP contribution in [0.4, 0.5) is 0 Å². The molecule has 1 aromatic heterocycles. The Kier molecular flexibility index (Phi) is 5.61. The monoisotopic (exact) mass is 348 g/mol. The summed E-state index contributed by atoms with van der Waals surface area (Å²) in [6.07, 6.45) is 0. The maximum Gasteiger partial charge on any atom is 0.186 e. The van der Waals surface area contributed by atoms with Crippen molar-refractivity contribution in [3.8, 4) is 0 Å². The quantitative estimate of drug-likeness (QED) is 0.485. The first-order valence-electron chi connectivity index (χ1n) is 3.57. The summed E-state index contributed by atoms with van der Waals surface area (Å²) in [6, 6.07) is 1.73. The minimum atomic E-state index is 0. The van der Waals surface area contributed by atoms with E-state index in [9.17, 15) is 0 Å². The van der Waals surface area contributed by atoms with E-state index in [-0.39, 0.29) is 29.9 Å². The molecule has 4 nitrogen and oxygen atoms in total. The predicted octanol–water partition coefficient (Wildman–Crippen LogP) is 1.72. The summed E-state index contributed by atoms with van der Waals surface area (Å²) in [5.74, 6) is 0.0495. The van der Waals surface area contributed by atoms with Crippen LogP contribution < -0.4 is 11.5 Å². The van der Waals surface area contributed by atoms with Gasteiger partial charge >= 0.3 is 0 Å². The molecule has 0 bridgehead atoms. The van der Waals surface area contributed by atoms with E-state index in [0.29, 0.717) is 16.7 Å². The van der Waals surface area contributed by atoms with E-state index < -0.39 is 0 Å². The number of nitrogens with zero attached hydrogens (tertiary/aromatic N) is 2. The van der Waals surface area contributed by atoms with E-state index in [1.165, 1.54) is 0 Å². The van der Waals surface area contributed by atoms with Crippen molar-refractivity contribution >= 4 is 53.1 Å². The van der Waals surface area contributed by atoms with Gasteiger partial charge in [-0.05, 0) is 6.07 Å². The molecule has 0 aliphatic carbocycles. The van der Waals surface area contributed by atoms with Gasteiger partial charge in [0.05, 0.1) is 11.6 Å². The molecule has 1 heterocycles. The third kappa shape index (κ3) is 3.21. The average molecular weight is 349 g/mol. The Labute approximate surface area is 109 Å². The van der Waals surface area contributed by atoms with Gasteiger partial charge in [-0.25, -0.2) is 4.99 Å². The summed E-state index contributed by atoms with van der Waals surface area (Å²) in [4.78, 5) is 3.84. The van der Waals surface area contributed by atoms with Crippen LogP contribution in [0, 0.1) is 0 Å². The highest BCUT2D eigenvalue weighted by atomic mass is 127. The zero-order valence-corrected chi connectivity index (χ0v) is 11.3. The van der Waals surface area contributed by atoms with Crippen LogP contribution in [0.3, 0.4) is 0 Å². The molecule has 0 aliphatic heterocycles. The van der Waals surface area contributed by atoms with Gasteiger partial charge in [-0.3, -0.25) is 0 Å². The molecule has 0 atom stereocenters. The molecule has 0 unspecified atom stereocenters. The van der Waals surface area contributed by atoms with E-state index in [1.54, 1.807) is 17.7 Å². The van der Waals surface area contributed by atoms with Gasteiger partial charge in [0, 0.05) is 12.7 Å². The van der Waals surface area contributed by atoms with Gasteiger partial charge in [0.15, 0.2) is 5.96 Å². The van der Waals surface area contributed by atoms with Crippen LogP contribution >= 0.6 is 47.2 Å². The molecule has 80 valence electrons. The van der Waals surface area contributed by atoms with Crippen molar-refractivity contribution in [1.29, 1.82) is 0 Å². The molecule has 1 aromatic rings. The van der Waals surface area contributed by atoms with Crippen molar-refractivity contribution in [2.45, 2.75) is 6.54 Å². The Morgan fingerprint density at radius 1 is 1.50 bits per heavy atom. The summed E-state index contributed by atoms with van der Waals surface area (Å²) >= 11 is 11.6. The molecule has 0 fully saturated rings. The molecule has 0 spiro atoms. The van der Waals surface area contributed by atoms with Gasteiger partial charge in [-0.15, -0.1) is 24.0 Å². The van der Waals surface area contributed by atoms with Crippen LogP contribution in [-0.2, 0) is 13.6 Å². The molecule has 4 N–H and O–H groups in total. The first-order chi connectivity index (χ1) is 6.02. The smallest absolute Gasteiger partial charge is 0.186 e. The van der Waals surface area contributed by atoms with Crippen molar-refractivity contribution in [2.75, 3.05) is 0 Å². The van der Waals surface area contributed by atoms with E-state index >= 15 is 0 Å². The Hall–Kier alpha value is -0.140. The SMILES string of the molecule is Cn1c(CN=C(N)N)cc(Cl)c1Cl.I. The molecular weight excluding hydrogens is 338 g/mol. The molecule has 1 rings (SSSR count). The summed E-state index contributed by atoms with van der Waals surface area (Å²) < 4.78 is 1.73. The van der Waals surface area contributed by atoms with Crippen LogP contribution in [0.1, 0.15) is 5.69 Å². The highest BCUT2D eigenvalue weighted by Crippen LogP contribution is 2.25. The van der Waals surface area contributed by atoms with Gasteiger partial charge in [0.1, 0.15) is 5.15 Å². The summed E-state index contributed by atoms with van der Waals surface area (Å²) in [5.41, 5.74) is 11.2. The lowest BCUT2D eigenvalue weighted by atomic mass is 10.4. The summed E-state index contributed by atoms with van der Waals surface area (Å²) in [7, 11) is 1.80. The second-order valence-corrected chi connectivity index (χ2v) is 3.34. The number of hydrogen-bond acceptors (Lipinski definition) is 1. The van der Waals surface area contributed by atoms with E-state index in [4.69, 9.17) is 34.7 Å². The van der Waals surface area contributed by atoms with Crippen LogP contribution in [0.15, 0.2) is 11.1 Å². The highest BCUT2D eigenvalue weighted by molar-refractivity contribution is 14.0. The fourth-order valence-electron chi connectivity index (χ4n) is 0.913. The summed E-state index contributed by atoms with van der Waals surface area (Å²) in [5, 5.41) is 0.993. The van der Waals surface area contributed by atoms with E-state index in [0.717, 1.165) is 5.69 Å².